The highest BCUT2D eigenvalue weighted by atomic mass is 15.0. The third-order valence-corrected chi connectivity index (χ3v) is 27.0. The zero-order chi connectivity index (χ0) is 81.3. The van der Waals surface area contributed by atoms with Gasteiger partial charge in [-0.05, 0) is 189 Å². The molecular formula is C118H72N6. The zero-order valence-electron chi connectivity index (χ0n) is 67.3. The van der Waals surface area contributed by atoms with Crippen LogP contribution in [0.1, 0.15) is 44.5 Å². The van der Waals surface area contributed by atoms with Crippen molar-refractivity contribution >= 4 is 43.6 Å². The largest absolute Gasteiger partial charge is 0.309 e. The standard InChI is InChI=1S/C118H72N6/c1-4-28-73(29-5-1)78-34-25-37-84(67-78)115-119-106(76-32-8-3-9-33-76)72-108(122-115)95-68-81(60-63-86(95)82-61-64-100-94(70-82)89-41-14-18-48-99(89)118(100)102-50-20-22-54-111(102)123-109-53-21-15-42-90(109)91-44-26-51-103(118)113(91)123)79-35-24-36-83(66-79)107-71-105(120-116(121-107)93-43-11-10-38-85(93)75-30-6-2-7-31-75)77-58-56-74(57-59-77)80-62-65-110-96(69-80)92-45-27-52-104-114(92)124(110)112-55-23-19-49-101(112)117(104)97-46-16-12-39-87(97)88-40-13-17-47-98(88)117/h1-72H. The van der Waals surface area contributed by atoms with E-state index in [-0.39, 0.29) is 0 Å². The van der Waals surface area contributed by atoms with Gasteiger partial charge in [-0.2, -0.15) is 0 Å². The highest BCUT2D eigenvalue weighted by Crippen LogP contribution is 2.64. The van der Waals surface area contributed by atoms with Crippen LogP contribution in [0.2, 0.25) is 0 Å². The lowest BCUT2D eigenvalue weighted by molar-refractivity contribution is 0.748. The second-order valence-corrected chi connectivity index (χ2v) is 33.3. The zero-order valence-corrected chi connectivity index (χ0v) is 67.3. The summed E-state index contributed by atoms with van der Waals surface area (Å²) in [7, 11) is 0. The molecule has 6 nitrogen and oxygen atoms in total. The lowest BCUT2D eigenvalue weighted by Gasteiger charge is -2.39. The minimum Gasteiger partial charge on any atom is -0.309 e. The summed E-state index contributed by atoms with van der Waals surface area (Å²) in [4.78, 5) is 22.4. The Morgan fingerprint density at radius 1 is 0.161 bits per heavy atom. The highest BCUT2D eigenvalue weighted by Gasteiger charge is 2.53. The second-order valence-electron chi connectivity index (χ2n) is 33.3. The van der Waals surface area contributed by atoms with Gasteiger partial charge in [0.15, 0.2) is 11.6 Å². The third-order valence-electron chi connectivity index (χ3n) is 27.0. The Balaban J connectivity index is 0.625. The Labute approximate surface area is 717 Å². The van der Waals surface area contributed by atoms with Crippen LogP contribution >= 0.6 is 0 Å². The average molecular weight is 1570 g/mol. The average Bonchev–Trinajstić information content (AvgIpc) is 1.50. The number of nitrogens with zero attached hydrogens (tertiary/aromatic N) is 6. The van der Waals surface area contributed by atoms with Crippen molar-refractivity contribution in [2.45, 2.75) is 10.8 Å². The van der Waals surface area contributed by atoms with Crippen LogP contribution in [-0.2, 0) is 10.8 Å². The molecule has 574 valence electrons. The molecule has 2 spiro atoms. The number of benzene rings is 18. The van der Waals surface area contributed by atoms with Crippen LogP contribution < -0.4 is 0 Å². The summed E-state index contributed by atoms with van der Waals surface area (Å²) in [6.07, 6.45) is 0. The monoisotopic (exact) mass is 1570 g/mol. The molecule has 124 heavy (non-hydrogen) atoms. The van der Waals surface area contributed by atoms with Crippen molar-refractivity contribution in [3.05, 3.63) is 481 Å². The first-order chi connectivity index (χ1) is 61.5. The van der Waals surface area contributed by atoms with Crippen molar-refractivity contribution in [3.8, 4) is 157 Å². The fourth-order valence-corrected chi connectivity index (χ4v) is 21.7. The molecule has 0 fully saturated rings. The molecule has 26 rings (SSSR count). The Bertz CT molecular complexity index is 8190. The van der Waals surface area contributed by atoms with Gasteiger partial charge in [0.05, 0.1) is 67.0 Å². The first kappa shape index (κ1) is 69.6. The Morgan fingerprint density at radius 3 is 1.18 bits per heavy atom. The van der Waals surface area contributed by atoms with Gasteiger partial charge in [0, 0.05) is 54.9 Å². The van der Waals surface area contributed by atoms with E-state index in [0.29, 0.717) is 11.6 Å². The summed E-state index contributed by atoms with van der Waals surface area (Å²) in [5, 5.41) is 4.97. The fraction of sp³-hybridized carbons (Fsp3) is 0.0169. The number of para-hydroxylation sites is 5. The molecule has 1 unspecified atom stereocenters. The molecule has 2 aliphatic heterocycles. The maximum absolute atomic E-state index is 5.74. The van der Waals surface area contributed by atoms with Gasteiger partial charge in [0.25, 0.3) is 0 Å². The fourth-order valence-electron chi connectivity index (χ4n) is 21.7. The number of rotatable bonds is 11. The molecule has 1 atom stereocenters. The molecule has 4 aliphatic rings. The Kier molecular flexibility index (Phi) is 15.2. The lowest BCUT2D eigenvalue weighted by Crippen LogP contribution is -2.33. The van der Waals surface area contributed by atoms with Crippen LogP contribution in [0, 0.1) is 0 Å². The lowest BCUT2D eigenvalue weighted by atomic mass is 9.65. The Morgan fingerprint density at radius 2 is 0.524 bits per heavy atom. The van der Waals surface area contributed by atoms with Crippen LogP contribution in [-0.4, -0.2) is 29.1 Å². The SMILES string of the molecule is c1ccc(-c2cccc(-c3nc(-c4ccccc4)cc(-c4cc(-c5cccc(-c6cc(-c7ccc(-c8ccc9c(c8)c8cccc%10c8n9-c8ccccc8C%108c9ccccc9-c9ccccc98)cc7)nc(-c7ccccc7-c7ccccc7)n6)c5)ccc4-c4ccc5c(c4)-c4ccccc4C54c5ccccc5-n5c6ccccc6c6cccc4c65)n3)c2)cc1. The minimum atomic E-state index is -0.611. The predicted molar refractivity (Wildman–Crippen MR) is 508 cm³/mol. The molecule has 6 heteroatoms. The molecule has 22 aromatic rings. The van der Waals surface area contributed by atoms with E-state index in [1.165, 1.54) is 122 Å². The Hall–Kier alpha value is -16.3. The van der Waals surface area contributed by atoms with Crippen molar-refractivity contribution < 1.29 is 0 Å². The summed E-state index contributed by atoms with van der Waals surface area (Å²) in [5.74, 6) is 1.27. The van der Waals surface area contributed by atoms with E-state index >= 15 is 0 Å². The van der Waals surface area contributed by atoms with Gasteiger partial charge in [-0.1, -0.05) is 370 Å². The number of aromatic nitrogens is 6. The maximum atomic E-state index is 5.74. The van der Waals surface area contributed by atoms with Gasteiger partial charge >= 0.3 is 0 Å². The van der Waals surface area contributed by atoms with Gasteiger partial charge in [-0.25, -0.2) is 19.9 Å². The summed E-state index contributed by atoms with van der Waals surface area (Å²) in [6.45, 7) is 0. The number of hydrogen-bond acceptors (Lipinski definition) is 4. The van der Waals surface area contributed by atoms with E-state index in [9.17, 15) is 0 Å². The number of fused-ring (bicyclic) bond motifs is 24. The molecule has 0 radical (unpaired) electrons. The highest BCUT2D eigenvalue weighted by molar-refractivity contribution is 6.15. The minimum absolute atomic E-state index is 0.481. The van der Waals surface area contributed by atoms with Crippen molar-refractivity contribution in [3.63, 3.8) is 0 Å². The van der Waals surface area contributed by atoms with Gasteiger partial charge in [-0.15, -0.1) is 0 Å². The first-order valence-corrected chi connectivity index (χ1v) is 42.7. The van der Waals surface area contributed by atoms with E-state index < -0.39 is 10.8 Å². The summed E-state index contributed by atoms with van der Waals surface area (Å²) in [6, 6.07) is 161. The van der Waals surface area contributed by atoms with E-state index in [1.807, 2.05) is 0 Å². The van der Waals surface area contributed by atoms with E-state index in [2.05, 4.69) is 446 Å². The summed E-state index contributed by atoms with van der Waals surface area (Å²) >= 11 is 0. The van der Waals surface area contributed by atoms with Crippen molar-refractivity contribution in [2.75, 3.05) is 0 Å². The van der Waals surface area contributed by atoms with Crippen molar-refractivity contribution in [1.82, 2.24) is 29.1 Å². The normalized spacial score (nSPS) is 13.9. The first-order valence-electron chi connectivity index (χ1n) is 42.7. The third kappa shape index (κ3) is 10.2. The molecule has 6 heterocycles. The quantitative estimate of drug-likeness (QED) is 0.129. The van der Waals surface area contributed by atoms with Gasteiger partial charge in [-0.3, -0.25) is 0 Å². The summed E-state index contributed by atoms with van der Waals surface area (Å²) < 4.78 is 5.05. The summed E-state index contributed by atoms with van der Waals surface area (Å²) in [5.41, 5.74) is 41.5. The van der Waals surface area contributed by atoms with E-state index in [1.54, 1.807) is 0 Å². The molecule has 0 N–H and O–H groups in total. The molecule has 0 amide bonds. The molecule has 0 saturated carbocycles. The van der Waals surface area contributed by atoms with E-state index in [4.69, 9.17) is 19.9 Å². The van der Waals surface area contributed by atoms with Crippen LogP contribution in [0.4, 0.5) is 0 Å². The van der Waals surface area contributed by atoms with E-state index in [0.717, 1.165) is 112 Å². The van der Waals surface area contributed by atoms with Crippen LogP contribution in [0.25, 0.3) is 201 Å². The maximum Gasteiger partial charge on any atom is 0.161 e. The topological polar surface area (TPSA) is 61.4 Å². The predicted octanol–water partition coefficient (Wildman–Crippen LogP) is 29.2. The van der Waals surface area contributed by atoms with Crippen LogP contribution in [0.15, 0.2) is 437 Å². The molecule has 0 bridgehead atoms. The van der Waals surface area contributed by atoms with Crippen LogP contribution in [0.5, 0.6) is 0 Å². The van der Waals surface area contributed by atoms with Gasteiger partial charge < -0.3 is 9.13 Å². The van der Waals surface area contributed by atoms with Crippen LogP contribution in [0.3, 0.4) is 0 Å². The number of hydrogen-bond donors (Lipinski definition) is 0. The van der Waals surface area contributed by atoms with Gasteiger partial charge in [0.1, 0.15) is 0 Å². The van der Waals surface area contributed by atoms with Crippen molar-refractivity contribution in [1.29, 1.82) is 0 Å². The molecule has 0 saturated heterocycles. The molecule has 18 aromatic carbocycles. The van der Waals surface area contributed by atoms with Crippen molar-refractivity contribution in [2.24, 2.45) is 0 Å². The van der Waals surface area contributed by atoms with Gasteiger partial charge in [0.2, 0.25) is 0 Å². The molecular weight excluding hydrogens is 1500 g/mol. The molecule has 4 aromatic heterocycles. The second kappa shape index (κ2) is 27.1. The molecule has 2 aliphatic carbocycles. The smallest absolute Gasteiger partial charge is 0.161 e.